The number of aromatic nitrogens is 1. The van der Waals surface area contributed by atoms with E-state index < -0.39 is 11.7 Å². The number of halogens is 3. The first-order valence-corrected chi connectivity index (χ1v) is 6.41. The van der Waals surface area contributed by atoms with E-state index in [-0.39, 0.29) is 0 Å². The molecule has 0 atom stereocenters. The van der Waals surface area contributed by atoms with Crippen LogP contribution in [-0.4, -0.2) is 24.5 Å². The number of hydrogen-bond donors (Lipinski definition) is 0. The normalized spacial score (nSPS) is 15.3. The Balaban J connectivity index is 0.000000239. The lowest BCUT2D eigenvalue weighted by Crippen LogP contribution is -2.04. The highest BCUT2D eigenvalue weighted by molar-refractivity contribution is 7.98. The Labute approximate surface area is 103 Å². The maximum absolute atomic E-state index is 12.0. The quantitative estimate of drug-likeness (QED) is 0.724. The number of ether oxygens (including phenoxy) is 1. The molecule has 0 radical (unpaired) electrons. The van der Waals surface area contributed by atoms with E-state index in [4.69, 9.17) is 4.74 Å². The van der Waals surface area contributed by atoms with Crippen LogP contribution in [0.1, 0.15) is 18.4 Å². The highest BCUT2D eigenvalue weighted by atomic mass is 32.2. The molecule has 0 amide bonds. The molecule has 2 nitrogen and oxygen atoms in total. The van der Waals surface area contributed by atoms with Crippen molar-refractivity contribution in [1.82, 2.24) is 4.98 Å². The number of nitrogens with zero attached hydrogens (tertiary/aromatic N) is 1. The van der Waals surface area contributed by atoms with Crippen molar-refractivity contribution >= 4 is 11.8 Å². The Morgan fingerprint density at radius 3 is 2.18 bits per heavy atom. The van der Waals surface area contributed by atoms with E-state index in [1.54, 1.807) is 6.26 Å². The standard InChI is InChI=1S/C7H6F3NS.C4H8O/c1-12-6-3-2-5(4-11-6)7(8,9)10;1-2-4-5-3-1/h2-4H,1H3;1-4H2. The van der Waals surface area contributed by atoms with Crippen molar-refractivity contribution in [2.24, 2.45) is 0 Å². The molecular formula is C11H14F3NOS. The van der Waals surface area contributed by atoms with Gasteiger partial charge in [-0.25, -0.2) is 4.98 Å². The van der Waals surface area contributed by atoms with Crippen molar-refractivity contribution in [2.45, 2.75) is 24.0 Å². The molecule has 1 aliphatic rings. The van der Waals surface area contributed by atoms with Crippen LogP contribution in [-0.2, 0) is 10.9 Å². The van der Waals surface area contributed by atoms with Gasteiger partial charge in [-0.05, 0) is 31.2 Å². The summed E-state index contributed by atoms with van der Waals surface area (Å²) in [5.41, 5.74) is -0.708. The molecule has 1 fully saturated rings. The van der Waals surface area contributed by atoms with Gasteiger partial charge in [0.15, 0.2) is 0 Å². The molecule has 2 heterocycles. The van der Waals surface area contributed by atoms with Gasteiger partial charge in [0.1, 0.15) is 0 Å². The molecule has 1 aromatic heterocycles. The maximum Gasteiger partial charge on any atom is 0.417 e. The van der Waals surface area contributed by atoms with Crippen molar-refractivity contribution in [3.8, 4) is 0 Å². The molecular weight excluding hydrogens is 251 g/mol. The number of rotatable bonds is 1. The molecule has 1 aliphatic heterocycles. The van der Waals surface area contributed by atoms with Gasteiger partial charge < -0.3 is 4.74 Å². The number of alkyl halides is 3. The number of pyridine rings is 1. The minimum absolute atomic E-state index is 0.586. The largest absolute Gasteiger partial charge is 0.417 e. The summed E-state index contributed by atoms with van der Waals surface area (Å²) < 4.78 is 40.9. The minimum atomic E-state index is -4.29. The molecule has 17 heavy (non-hydrogen) atoms. The average Bonchev–Trinajstić information content (AvgIpc) is 2.86. The summed E-state index contributed by atoms with van der Waals surface area (Å²) in [7, 11) is 0. The molecule has 1 aromatic rings. The molecule has 6 heteroatoms. The van der Waals surface area contributed by atoms with E-state index in [2.05, 4.69) is 4.98 Å². The minimum Gasteiger partial charge on any atom is -0.381 e. The predicted molar refractivity (Wildman–Crippen MR) is 61.1 cm³/mol. The SMILES string of the molecule is C1CCOC1.CSc1ccc(C(F)(F)F)cn1. The Bertz CT molecular complexity index is 315. The number of hydrogen-bond acceptors (Lipinski definition) is 3. The van der Waals surface area contributed by atoms with Gasteiger partial charge in [-0.15, -0.1) is 11.8 Å². The topological polar surface area (TPSA) is 22.1 Å². The van der Waals surface area contributed by atoms with Crippen LogP contribution in [0.2, 0.25) is 0 Å². The van der Waals surface area contributed by atoms with Crippen molar-refractivity contribution in [3.05, 3.63) is 23.9 Å². The fourth-order valence-corrected chi connectivity index (χ4v) is 1.54. The zero-order chi connectivity index (χ0) is 12.7. The second kappa shape index (κ2) is 6.86. The summed E-state index contributed by atoms with van der Waals surface area (Å²) in [6, 6.07) is 2.38. The first kappa shape index (κ1) is 14.3. The summed E-state index contributed by atoms with van der Waals surface area (Å²) in [6.45, 7) is 2.00. The molecule has 0 aliphatic carbocycles. The third-order valence-corrected chi connectivity index (χ3v) is 2.76. The van der Waals surface area contributed by atoms with Gasteiger partial charge in [-0.3, -0.25) is 0 Å². The second-order valence-electron chi connectivity index (χ2n) is 3.41. The van der Waals surface area contributed by atoms with Crippen LogP contribution in [0.15, 0.2) is 23.4 Å². The fraction of sp³-hybridized carbons (Fsp3) is 0.545. The molecule has 96 valence electrons. The highest BCUT2D eigenvalue weighted by Crippen LogP contribution is 2.29. The van der Waals surface area contributed by atoms with E-state index in [1.807, 2.05) is 0 Å². The van der Waals surface area contributed by atoms with Crippen LogP contribution in [0.3, 0.4) is 0 Å². The first-order valence-electron chi connectivity index (χ1n) is 5.19. The summed E-state index contributed by atoms with van der Waals surface area (Å²) >= 11 is 1.31. The van der Waals surface area contributed by atoms with Gasteiger partial charge in [-0.2, -0.15) is 13.2 Å². The molecule has 0 saturated carbocycles. The van der Waals surface area contributed by atoms with Crippen molar-refractivity contribution in [1.29, 1.82) is 0 Å². The van der Waals surface area contributed by atoms with Crippen molar-refractivity contribution in [2.75, 3.05) is 19.5 Å². The summed E-state index contributed by atoms with van der Waals surface area (Å²) in [5, 5.41) is 0.586. The molecule has 1 saturated heterocycles. The molecule has 0 bridgehead atoms. The monoisotopic (exact) mass is 265 g/mol. The Morgan fingerprint density at radius 1 is 1.24 bits per heavy atom. The molecule has 0 N–H and O–H groups in total. The Kier molecular flexibility index (Phi) is 5.77. The van der Waals surface area contributed by atoms with Crippen LogP contribution >= 0.6 is 11.8 Å². The van der Waals surface area contributed by atoms with Gasteiger partial charge in [-0.1, -0.05) is 0 Å². The average molecular weight is 265 g/mol. The van der Waals surface area contributed by atoms with Gasteiger partial charge in [0.25, 0.3) is 0 Å². The lowest BCUT2D eigenvalue weighted by Gasteiger charge is -2.05. The van der Waals surface area contributed by atoms with Gasteiger partial charge in [0.2, 0.25) is 0 Å². The third-order valence-electron chi connectivity index (χ3n) is 2.10. The molecule has 0 spiro atoms. The fourth-order valence-electron chi connectivity index (χ4n) is 1.18. The lowest BCUT2D eigenvalue weighted by atomic mass is 10.3. The summed E-state index contributed by atoms with van der Waals surface area (Å²) in [5.74, 6) is 0. The van der Waals surface area contributed by atoms with Gasteiger partial charge in [0.05, 0.1) is 10.6 Å². The third kappa shape index (κ3) is 5.41. The van der Waals surface area contributed by atoms with E-state index >= 15 is 0 Å². The Morgan fingerprint density at radius 2 is 1.88 bits per heavy atom. The van der Waals surface area contributed by atoms with Crippen LogP contribution in [0.25, 0.3) is 0 Å². The van der Waals surface area contributed by atoms with E-state index in [0.717, 1.165) is 25.5 Å². The zero-order valence-electron chi connectivity index (χ0n) is 9.46. The molecule has 2 rings (SSSR count). The molecule has 0 aromatic carbocycles. The predicted octanol–water partition coefficient (Wildman–Crippen LogP) is 3.62. The van der Waals surface area contributed by atoms with E-state index in [0.29, 0.717) is 5.03 Å². The smallest absolute Gasteiger partial charge is 0.381 e. The van der Waals surface area contributed by atoms with Crippen molar-refractivity contribution < 1.29 is 17.9 Å². The maximum atomic E-state index is 12.0. The first-order chi connectivity index (χ1) is 8.04. The van der Waals surface area contributed by atoms with Crippen LogP contribution in [0.4, 0.5) is 13.2 Å². The van der Waals surface area contributed by atoms with Crippen LogP contribution in [0.5, 0.6) is 0 Å². The highest BCUT2D eigenvalue weighted by Gasteiger charge is 2.30. The van der Waals surface area contributed by atoms with Crippen LogP contribution in [0, 0.1) is 0 Å². The van der Waals surface area contributed by atoms with Gasteiger partial charge in [0, 0.05) is 19.4 Å². The Hall–Kier alpha value is -0.750. The lowest BCUT2D eigenvalue weighted by molar-refractivity contribution is -0.137. The second-order valence-corrected chi connectivity index (χ2v) is 4.23. The van der Waals surface area contributed by atoms with Crippen molar-refractivity contribution in [3.63, 3.8) is 0 Å². The van der Waals surface area contributed by atoms with E-state index in [9.17, 15) is 13.2 Å². The van der Waals surface area contributed by atoms with Gasteiger partial charge >= 0.3 is 6.18 Å². The van der Waals surface area contributed by atoms with E-state index in [1.165, 1.54) is 30.7 Å². The summed E-state index contributed by atoms with van der Waals surface area (Å²) in [6.07, 6.45) is 0.866. The zero-order valence-corrected chi connectivity index (χ0v) is 10.3. The molecule has 0 unspecified atom stereocenters. The van der Waals surface area contributed by atoms with Crippen LogP contribution < -0.4 is 0 Å². The summed E-state index contributed by atoms with van der Waals surface area (Å²) in [4.78, 5) is 3.61. The number of thioether (sulfide) groups is 1.